The van der Waals surface area contributed by atoms with Crippen LogP contribution in [0.15, 0.2) is 10.5 Å². The van der Waals surface area contributed by atoms with Gasteiger partial charge in [-0.2, -0.15) is 0 Å². The first kappa shape index (κ1) is 18.3. The summed E-state index contributed by atoms with van der Waals surface area (Å²) in [5.74, 6) is 1.30. The maximum Gasteiger partial charge on any atom is 0.273 e. The molecule has 136 valence electrons. The number of nitrogens with one attached hydrogen (secondary N) is 2. The molecule has 0 unspecified atom stereocenters. The lowest BCUT2D eigenvalue weighted by atomic mass is 10.00. The summed E-state index contributed by atoms with van der Waals surface area (Å²) in [4.78, 5) is 12.1. The van der Waals surface area contributed by atoms with Crippen molar-refractivity contribution in [1.82, 2.24) is 35.8 Å². The van der Waals surface area contributed by atoms with E-state index in [-0.39, 0.29) is 5.91 Å². The van der Waals surface area contributed by atoms with E-state index in [9.17, 15) is 4.79 Å². The first-order valence-corrected chi connectivity index (χ1v) is 10.3. The molecule has 1 aliphatic heterocycles. The highest BCUT2D eigenvalue weighted by Crippen LogP contribution is 2.22. The van der Waals surface area contributed by atoms with E-state index in [0.717, 1.165) is 41.2 Å². The average Bonchev–Trinajstić information content (AvgIpc) is 3.24. The lowest BCUT2D eigenvalue weighted by molar-refractivity contribution is 0.0948. The van der Waals surface area contributed by atoms with Gasteiger partial charge in [-0.3, -0.25) is 9.48 Å². The first-order valence-electron chi connectivity index (χ1n) is 8.52. The summed E-state index contributed by atoms with van der Waals surface area (Å²) in [5, 5.41) is 23.4. The molecule has 0 radical (unpaired) electrons. The summed E-state index contributed by atoms with van der Waals surface area (Å²) in [6.07, 6.45) is 5.00. The van der Waals surface area contributed by atoms with Crippen LogP contribution in [0.25, 0.3) is 0 Å². The number of aromatic nitrogens is 5. The Kier molecular flexibility index (Phi) is 6.76. The first-order chi connectivity index (χ1) is 12.2. The lowest BCUT2D eigenvalue weighted by Gasteiger charge is -2.22. The van der Waals surface area contributed by atoms with Crippen molar-refractivity contribution < 1.29 is 4.79 Å². The van der Waals surface area contributed by atoms with Crippen molar-refractivity contribution in [2.45, 2.75) is 37.1 Å². The SMILES string of the molecule is Cc1nnc(SCCCNC(=O)c2cn(C[C@@H]3CCCNC3)nn2)s1. The van der Waals surface area contributed by atoms with Crippen molar-refractivity contribution in [2.24, 2.45) is 5.92 Å². The Labute approximate surface area is 155 Å². The van der Waals surface area contributed by atoms with Crippen LogP contribution in [0.1, 0.15) is 34.8 Å². The van der Waals surface area contributed by atoms with E-state index in [4.69, 9.17) is 0 Å². The van der Waals surface area contributed by atoms with Crippen molar-refractivity contribution in [3.63, 3.8) is 0 Å². The summed E-state index contributed by atoms with van der Waals surface area (Å²) < 4.78 is 2.75. The van der Waals surface area contributed by atoms with E-state index >= 15 is 0 Å². The number of amides is 1. The van der Waals surface area contributed by atoms with Crippen molar-refractivity contribution in [2.75, 3.05) is 25.4 Å². The van der Waals surface area contributed by atoms with Gasteiger partial charge in [0.25, 0.3) is 5.91 Å². The molecule has 2 N–H and O–H groups in total. The van der Waals surface area contributed by atoms with E-state index in [1.165, 1.54) is 12.8 Å². The number of aryl methyl sites for hydroxylation is 1. The van der Waals surface area contributed by atoms with Gasteiger partial charge in [-0.15, -0.1) is 15.3 Å². The predicted molar refractivity (Wildman–Crippen MR) is 97.9 cm³/mol. The summed E-state index contributed by atoms with van der Waals surface area (Å²) in [6.45, 7) is 5.47. The fraction of sp³-hybridized carbons (Fsp3) is 0.667. The number of rotatable bonds is 8. The number of nitrogens with zero attached hydrogens (tertiary/aromatic N) is 5. The third kappa shape index (κ3) is 5.75. The summed E-state index contributed by atoms with van der Waals surface area (Å²) >= 11 is 3.26. The second-order valence-electron chi connectivity index (χ2n) is 6.08. The van der Waals surface area contributed by atoms with Crippen molar-refractivity contribution in [3.05, 3.63) is 16.9 Å². The molecule has 0 aromatic carbocycles. The Morgan fingerprint density at radius 2 is 2.40 bits per heavy atom. The van der Waals surface area contributed by atoms with Crippen molar-refractivity contribution >= 4 is 29.0 Å². The van der Waals surface area contributed by atoms with Crippen LogP contribution in [0.2, 0.25) is 0 Å². The van der Waals surface area contributed by atoms with E-state index in [1.807, 2.05) is 6.92 Å². The van der Waals surface area contributed by atoms with Crippen molar-refractivity contribution in [1.29, 1.82) is 0 Å². The highest BCUT2D eigenvalue weighted by atomic mass is 32.2. The fourth-order valence-corrected chi connectivity index (χ4v) is 4.52. The number of thioether (sulfide) groups is 1. The molecule has 0 spiro atoms. The number of hydrogen-bond acceptors (Lipinski definition) is 8. The highest BCUT2D eigenvalue weighted by molar-refractivity contribution is 8.01. The maximum atomic E-state index is 12.1. The second-order valence-corrected chi connectivity index (χ2v) is 8.61. The minimum absolute atomic E-state index is 0.162. The van der Waals surface area contributed by atoms with Crippen LogP contribution in [0.3, 0.4) is 0 Å². The molecule has 8 nitrogen and oxygen atoms in total. The molecule has 2 aromatic heterocycles. The number of carbonyl (C=O) groups excluding carboxylic acids is 1. The van der Waals surface area contributed by atoms with Gasteiger partial charge in [-0.05, 0) is 45.2 Å². The van der Waals surface area contributed by atoms with Gasteiger partial charge in [-0.25, -0.2) is 0 Å². The van der Waals surface area contributed by atoms with Crippen LogP contribution in [-0.2, 0) is 6.54 Å². The molecule has 0 saturated carbocycles. The van der Waals surface area contributed by atoms with Crippen LogP contribution in [0.4, 0.5) is 0 Å². The average molecular weight is 382 g/mol. The third-order valence-electron chi connectivity index (χ3n) is 3.96. The van der Waals surface area contributed by atoms with Gasteiger partial charge >= 0.3 is 0 Å². The minimum Gasteiger partial charge on any atom is -0.351 e. The van der Waals surface area contributed by atoms with Crippen LogP contribution in [0.5, 0.6) is 0 Å². The van der Waals surface area contributed by atoms with Gasteiger partial charge in [0.1, 0.15) is 5.01 Å². The number of hydrogen-bond donors (Lipinski definition) is 2. The van der Waals surface area contributed by atoms with Gasteiger partial charge in [0, 0.05) is 18.8 Å². The summed E-state index contributed by atoms with van der Waals surface area (Å²) in [6, 6.07) is 0. The molecular weight excluding hydrogens is 358 g/mol. The normalized spacial score (nSPS) is 17.6. The van der Waals surface area contributed by atoms with Crippen molar-refractivity contribution in [3.8, 4) is 0 Å². The topological polar surface area (TPSA) is 97.6 Å². The number of carbonyl (C=O) groups is 1. The minimum atomic E-state index is -0.162. The summed E-state index contributed by atoms with van der Waals surface area (Å²) in [7, 11) is 0. The predicted octanol–water partition coefficient (Wildman–Crippen LogP) is 1.35. The number of piperidine rings is 1. The van der Waals surface area contributed by atoms with E-state index < -0.39 is 0 Å². The standard InChI is InChI=1S/C15H23N7OS2/c1-11-18-20-15(25-11)24-7-3-6-17-14(23)13-10-22(21-19-13)9-12-4-2-5-16-8-12/h10,12,16H,2-9H2,1H3,(H,17,23)/t12-/m1/s1. The Bertz CT molecular complexity index is 681. The molecule has 3 rings (SSSR count). The quantitative estimate of drug-likeness (QED) is 0.526. The van der Waals surface area contributed by atoms with Crippen LogP contribution in [-0.4, -0.2) is 56.5 Å². The fourth-order valence-electron chi connectivity index (χ4n) is 2.70. The molecule has 3 heterocycles. The van der Waals surface area contributed by atoms with E-state index in [1.54, 1.807) is 34.0 Å². The zero-order valence-electron chi connectivity index (χ0n) is 14.3. The molecular formula is C15H23N7OS2. The smallest absolute Gasteiger partial charge is 0.273 e. The molecule has 25 heavy (non-hydrogen) atoms. The third-order valence-corrected chi connectivity index (χ3v) is 6.01. The Morgan fingerprint density at radius 3 is 3.16 bits per heavy atom. The Balaban J connectivity index is 1.35. The van der Waals surface area contributed by atoms with Gasteiger partial charge in [-0.1, -0.05) is 28.3 Å². The second kappa shape index (κ2) is 9.25. The van der Waals surface area contributed by atoms with Gasteiger partial charge < -0.3 is 10.6 Å². The molecule has 0 bridgehead atoms. The molecule has 1 amide bonds. The Morgan fingerprint density at radius 1 is 1.48 bits per heavy atom. The molecule has 1 atom stereocenters. The van der Waals surface area contributed by atoms with Crippen LogP contribution < -0.4 is 10.6 Å². The molecule has 1 saturated heterocycles. The van der Waals surface area contributed by atoms with E-state index in [0.29, 0.717) is 18.2 Å². The molecule has 1 fully saturated rings. The molecule has 2 aromatic rings. The van der Waals surface area contributed by atoms with Gasteiger partial charge in [0.2, 0.25) is 0 Å². The molecule has 1 aliphatic rings. The molecule has 0 aliphatic carbocycles. The van der Waals surface area contributed by atoms with Crippen LogP contribution >= 0.6 is 23.1 Å². The van der Waals surface area contributed by atoms with Crippen LogP contribution in [0, 0.1) is 12.8 Å². The lowest BCUT2D eigenvalue weighted by Crippen LogP contribution is -2.32. The highest BCUT2D eigenvalue weighted by Gasteiger charge is 2.16. The molecule has 10 heteroatoms. The van der Waals surface area contributed by atoms with E-state index in [2.05, 4.69) is 31.1 Å². The maximum absolute atomic E-state index is 12.1. The largest absolute Gasteiger partial charge is 0.351 e. The van der Waals surface area contributed by atoms with Gasteiger partial charge in [0.05, 0.1) is 6.20 Å². The monoisotopic (exact) mass is 381 g/mol. The zero-order chi connectivity index (χ0) is 17.5. The van der Waals surface area contributed by atoms with Gasteiger partial charge in [0.15, 0.2) is 10.0 Å². The zero-order valence-corrected chi connectivity index (χ0v) is 15.9. The Hall–Kier alpha value is -1.52. The summed E-state index contributed by atoms with van der Waals surface area (Å²) in [5.41, 5.74) is 0.385.